The van der Waals surface area contributed by atoms with Gasteiger partial charge in [0.2, 0.25) is 0 Å². The van der Waals surface area contributed by atoms with Crippen LogP contribution in [0.1, 0.15) is 19.3 Å². The van der Waals surface area contributed by atoms with Crippen molar-refractivity contribution in [2.75, 3.05) is 19.8 Å². The van der Waals surface area contributed by atoms with Gasteiger partial charge in [-0.15, -0.1) is 12.4 Å². The van der Waals surface area contributed by atoms with E-state index in [1.807, 2.05) is 0 Å². The number of epoxide rings is 1. The summed E-state index contributed by atoms with van der Waals surface area (Å²) in [7, 11) is 0. The Bertz CT molecular complexity index is 135. The Hall–Kier alpha value is 0.130. The number of hydrogen-bond acceptors (Lipinski definition) is 4. The summed E-state index contributed by atoms with van der Waals surface area (Å²) in [6.07, 6.45) is 2.07. The van der Waals surface area contributed by atoms with E-state index < -0.39 is 5.54 Å². The molecule has 1 aliphatic rings. The molecule has 0 aromatic heterocycles. The standard InChI is InChI=1S/C8H17NO3.ClH/c9-8(1-3-10,2-4-11)5-7-6-12-7;/h7,10-11H,1-6,9H2;1H. The molecule has 1 atom stereocenters. The number of nitrogens with two attached hydrogens (primary N) is 1. The zero-order valence-electron chi connectivity index (χ0n) is 7.61. The van der Waals surface area contributed by atoms with E-state index in [9.17, 15) is 0 Å². The maximum atomic E-state index is 8.76. The van der Waals surface area contributed by atoms with Gasteiger partial charge < -0.3 is 20.7 Å². The summed E-state index contributed by atoms with van der Waals surface area (Å²) >= 11 is 0. The molecule has 0 aromatic carbocycles. The number of ether oxygens (including phenoxy) is 1. The van der Waals surface area contributed by atoms with E-state index in [4.69, 9.17) is 20.7 Å². The number of aliphatic hydroxyl groups is 2. The van der Waals surface area contributed by atoms with Crippen molar-refractivity contribution in [3.05, 3.63) is 0 Å². The zero-order chi connectivity index (χ0) is 9.03. The van der Waals surface area contributed by atoms with Gasteiger partial charge in [-0.3, -0.25) is 0 Å². The van der Waals surface area contributed by atoms with Crippen molar-refractivity contribution in [2.45, 2.75) is 30.9 Å². The minimum atomic E-state index is -0.440. The lowest BCUT2D eigenvalue weighted by Gasteiger charge is -2.27. The van der Waals surface area contributed by atoms with E-state index in [1.54, 1.807) is 0 Å². The molecule has 0 bridgehead atoms. The second-order valence-electron chi connectivity index (χ2n) is 3.47. The van der Waals surface area contributed by atoms with Gasteiger partial charge in [0.1, 0.15) is 0 Å². The Morgan fingerprint density at radius 3 is 2.08 bits per heavy atom. The summed E-state index contributed by atoms with van der Waals surface area (Å²) in [6, 6.07) is 0. The molecular weight excluding hydrogens is 194 g/mol. The number of hydrogen-bond donors (Lipinski definition) is 3. The molecule has 0 spiro atoms. The van der Waals surface area contributed by atoms with E-state index in [1.165, 1.54) is 0 Å². The largest absolute Gasteiger partial charge is 0.396 e. The maximum Gasteiger partial charge on any atom is 0.0827 e. The van der Waals surface area contributed by atoms with Crippen LogP contribution in [0.25, 0.3) is 0 Å². The van der Waals surface area contributed by atoms with Gasteiger partial charge in [0, 0.05) is 18.8 Å². The molecule has 13 heavy (non-hydrogen) atoms. The number of halogens is 1. The van der Waals surface area contributed by atoms with Crippen LogP contribution in [0.3, 0.4) is 0 Å². The van der Waals surface area contributed by atoms with Gasteiger partial charge in [0.25, 0.3) is 0 Å². The Balaban J connectivity index is 0.00000144. The Kier molecular flexibility index (Phi) is 5.83. The van der Waals surface area contributed by atoms with Crippen molar-refractivity contribution in [1.82, 2.24) is 0 Å². The van der Waals surface area contributed by atoms with Crippen molar-refractivity contribution >= 4 is 12.4 Å². The summed E-state index contributed by atoms with van der Waals surface area (Å²) < 4.78 is 5.05. The molecule has 0 radical (unpaired) electrons. The van der Waals surface area contributed by atoms with Crippen LogP contribution < -0.4 is 5.73 Å². The third kappa shape index (κ3) is 4.78. The fraction of sp³-hybridized carbons (Fsp3) is 1.00. The lowest BCUT2D eigenvalue weighted by molar-refractivity contribution is 0.177. The molecular formula is C8H18ClNO3. The second-order valence-corrected chi connectivity index (χ2v) is 3.47. The highest BCUT2D eigenvalue weighted by atomic mass is 35.5. The predicted octanol–water partition coefficient (Wildman–Crippen LogP) is -0.341. The van der Waals surface area contributed by atoms with Crippen LogP contribution in [0.15, 0.2) is 0 Å². The van der Waals surface area contributed by atoms with Crippen molar-refractivity contribution in [1.29, 1.82) is 0 Å². The molecule has 1 aliphatic heterocycles. The first kappa shape index (κ1) is 13.1. The minimum absolute atomic E-state index is 0. The van der Waals surface area contributed by atoms with Gasteiger partial charge in [-0.1, -0.05) is 0 Å². The van der Waals surface area contributed by atoms with E-state index in [2.05, 4.69) is 0 Å². The lowest BCUT2D eigenvalue weighted by atomic mass is 9.88. The highest BCUT2D eigenvalue weighted by molar-refractivity contribution is 5.85. The predicted molar refractivity (Wildman–Crippen MR) is 51.9 cm³/mol. The first-order valence-corrected chi connectivity index (χ1v) is 4.32. The van der Waals surface area contributed by atoms with Gasteiger partial charge in [0.05, 0.1) is 12.7 Å². The second kappa shape index (κ2) is 5.78. The third-order valence-corrected chi connectivity index (χ3v) is 2.26. The Morgan fingerprint density at radius 2 is 1.77 bits per heavy atom. The highest BCUT2D eigenvalue weighted by Crippen LogP contribution is 2.25. The molecule has 1 unspecified atom stereocenters. The van der Waals surface area contributed by atoms with Crippen LogP contribution in [0.2, 0.25) is 0 Å². The molecule has 1 heterocycles. The van der Waals surface area contributed by atoms with E-state index in [0.717, 1.165) is 13.0 Å². The molecule has 0 aromatic rings. The number of aliphatic hydroxyl groups excluding tert-OH is 2. The molecule has 0 aliphatic carbocycles. The fourth-order valence-electron chi connectivity index (χ4n) is 1.41. The van der Waals surface area contributed by atoms with Gasteiger partial charge in [0.15, 0.2) is 0 Å². The van der Waals surface area contributed by atoms with Gasteiger partial charge in [-0.05, 0) is 19.3 Å². The van der Waals surface area contributed by atoms with Crippen LogP contribution in [0.4, 0.5) is 0 Å². The zero-order valence-corrected chi connectivity index (χ0v) is 8.42. The van der Waals surface area contributed by atoms with Crippen molar-refractivity contribution in [3.8, 4) is 0 Å². The normalized spacial score (nSPS) is 21.0. The third-order valence-electron chi connectivity index (χ3n) is 2.26. The summed E-state index contributed by atoms with van der Waals surface area (Å²) in [4.78, 5) is 0. The van der Waals surface area contributed by atoms with E-state index in [0.29, 0.717) is 12.8 Å². The van der Waals surface area contributed by atoms with Crippen LogP contribution in [0, 0.1) is 0 Å². The molecule has 0 amide bonds. The van der Waals surface area contributed by atoms with Crippen LogP contribution in [0.5, 0.6) is 0 Å². The van der Waals surface area contributed by atoms with Crippen molar-refractivity contribution in [3.63, 3.8) is 0 Å². The van der Waals surface area contributed by atoms with Gasteiger partial charge in [-0.2, -0.15) is 0 Å². The summed E-state index contributed by atoms with van der Waals surface area (Å²) in [5.41, 5.74) is 5.52. The van der Waals surface area contributed by atoms with Gasteiger partial charge >= 0.3 is 0 Å². The topological polar surface area (TPSA) is 79.0 Å². The van der Waals surface area contributed by atoms with Crippen molar-refractivity contribution < 1.29 is 14.9 Å². The Labute approximate surface area is 84.5 Å². The molecule has 0 saturated carbocycles. The molecule has 4 nitrogen and oxygen atoms in total. The summed E-state index contributed by atoms with van der Waals surface area (Å²) in [6.45, 7) is 0.919. The molecule has 1 rings (SSSR count). The summed E-state index contributed by atoms with van der Waals surface area (Å²) in [5.74, 6) is 0. The van der Waals surface area contributed by atoms with Crippen LogP contribution in [-0.2, 0) is 4.74 Å². The highest BCUT2D eigenvalue weighted by Gasteiger charge is 2.34. The Morgan fingerprint density at radius 1 is 1.31 bits per heavy atom. The smallest absolute Gasteiger partial charge is 0.0827 e. The van der Waals surface area contributed by atoms with E-state index in [-0.39, 0.29) is 31.7 Å². The number of rotatable bonds is 6. The molecule has 80 valence electrons. The van der Waals surface area contributed by atoms with Crippen LogP contribution in [-0.4, -0.2) is 41.7 Å². The lowest BCUT2D eigenvalue weighted by Crippen LogP contribution is -2.43. The first-order valence-electron chi connectivity index (χ1n) is 4.32. The van der Waals surface area contributed by atoms with Crippen LogP contribution >= 0.6 is 12.4 Å². The maximum absolute atomic E-state index is 8.76. The van der Waals surface area contributed by atoms with E-state index >= 15 is 0 Å². The fourth-order valence-corrected chi connectivity index (χ4v) is 1.41. The van der Waals surface area contributed by atoms with Gasteiger partial charge in [-0.25, -0.2) is 0 Å². The quantitative estimate of drug-likeness (QED) is 0.526. The molecule has 4 N–H and O–H groups in total. The summed E-state index contributed by atoms with van der Waals surface area (Å²) in [5, 5.41) is 17.5. The van der Waals surface area contributed by atoms with Crippen molar-refractivity contribution in [2.24, 2.45) is 5.73 Å². The average molecular weight is 212 g/mol. The molecule has 1 saturated heterocycles. The molecule has 5 heteroatoms. The SMILES string of the molecule is Cl.NC(CCO)(CCO)CC1CO1. The molecule has 1 fully saturated rings. The monoisotopic (exact) mass is 211 g/mol. The minimum Gasteiger partial charge on any atom is -0.396 e. The average Bonchev–Trinajstić information content (AvgIpc) is 2.72. The first-order chi connectivity index (χ1) is 5.70.